The van der Waals surface area contributed by atoms with Crippen LogP contribution in [0.4, 0.5) is 5.88 Å². The number of nitrogen functional groups attached to an aromatic ring is 1. The van der Waals surface area contributed by atoms with Gasteiger partial charge in [-0.25, -0.2) is 4.98 Å². The van der Waals surface area contributed by atoms with Crippen molar-refractivity contribution in [2.75, 3.05) is 12.8 Å². The molecule has 0 unspecified atom stereocenters. The first-order valence-electron chi connectivity index (χ1n) is 7.52. The van der Waals surface area contributed by atoms with E-state index in [2.05, 4.69) is 10.1 Å². The molecule has 2 aromatic heterocycles. The Balaban J connectivity index is 1.94. The van der Waals surface area contributed by atoms with Crippen molar-refractivity contribution in [1.29, 1.82) is 0 Å². The van der Waals surface area contributed by atoms with Crippen molar-refractivity contribution in [3.8, 4) is 28.1 Å². The lowest BCUT2D eigenvalue weighted by atomic mass is 10.0. The summed E-state index contributed by atoms with van der Waals surface area (Å²) >= 11 is 0. The molecular formula is C19H15N3O2. The van der Waals surface area contributed by atoms with E-state index in [1.165, 1.54) is 0 Å². The van der Waals surface area contributed by atoms with Gasteiger partial charge in [-0.05, 0) is 35.9 Å². The van der Waals surface area contributed by atoms with Crippen molar-refractivity contribution in [2.45, 2.75) is 0 Å². The Hall–Kier alpha value is -3.34. The number of hydrogen-bond donors (Lipinski definition) is 1. The maximum Gasteiger partial charge on any atom is 0.232 e. The molecule has 24 heavy (non-hydrogen) atoms. The van der Waals surface area contributed by atoms with Crippen LogP contribution >= 0.6 is 0 Å². The molecule has 0 aliphatic rings. The molecule has 4 aromatic rings. The highest BCUT2D eigenvalue weighted by molar-refractivity contribution is 6.00. The molecule has 2 heterocycles. The normalized spacial score (nSPS) is 10.9. The van der Waals surface area contributed by atoms with Crippen LogP contribution in [0.1, 0.15) is 0 Å². The summed E-state index contributed by atoms with van der Waals surface area (Å²) in [7, 11) is 1.64. The highest BCUT2D eigenvalue weighted by Crippen LogP contribution is 2.35. The summed E-state index contributed by atoms with van der Waals surface area (Å²) in [5.41, 5.74) is 10.2. The molecule has 0 bridgehead atoms. The van der Waals surface area contributed by atoms with Gasteiger partial charge in [-0.1, -0.05) is 35.5 Å². The smallest absolute Gasteiger partial charge is 0.232 e. The van der Waals surface area contributed by atoms with Crippen LogP contribution < -0.4 is 10.5 Å². The molecule has 0 atom stereocenters. The number of ether oxygens (including phenoxy) is 1. The number of anilines is 1. The van der Waals surface area contributed by atoms with E-state index in [1.807, 2.05) is 60.7 Å². The van der Waals surface area contributed by atoms with Gasteiger partial charge in [0.1, 0.15) is 5.75 Å². The van der Waals surface area contributed by atoms with Gasteiger partial charge >= 0.3 is 0 Å². The molecule has 0 fully saturated rings. The number of hydrogen-bond acceptors (Lipinski definition) is 5. The van der Waals surface area contributed by atoms with Gasteiger partial charge < -0.3 is 15.0 Å². The van der Waals surface area contributed by atoms with Crippen LogP contribution in [0.2, 0.25) is 0 Å². The Labute approximate surface area is 138 Å². The summed E-state index contributed by atoms with van der Waals surface area (Å²) in [4.78, 5) is 4.58. The molecule has 0 amide bonds. The zero-order valence-electron chi connectivity index (χ0n) is 13.1. The molecule has 5 heteroatoms. The Morgan fingerprint density at radius 1 is 0.958 bits per heavy atom. The van der Waals surface area contributed by atoms with Crippen LogP contribution in [0, 0.1) is 0 Å². The predicted octanol–water partition coefficient (Wildman–Crippen LogP) is 4.15. The quantitative estimate of drug-likeness (QED) is 0.614. The lowest BCUT2D eigenvalue weighted by Gasteiger charge is -2.08. The van der Waals surface area contributed by atoms with E-state index in [0.29, 0.717) is 5.65 Å². The first kappa shape index (κ1) is 14.3. The number of methoxy groups -OCH3 is 1. The van der Waals surface area contributed by atoms with Crippen LogP contribution in [-0.2, 0) is 0 Å². The summed E-state index contributed by atoms with van der Waals surface area (Å²) in [6.07, 6.45) is 0. The summed E-state index contributed by atoms with van der Waals surface area (Å²) < 4.78 is 10.4. The predicted molar refractivity (Wildman–Crippen MR) is 93.6 cm³/mol. The lowest BCUT2D eigenvalue weighted by molar-refractivity contribution is 0.415. The van der Waals surface area contributed by atoms with Crippen molar-refractivity contribution >= 4 is 16.9 Å². The first-order chi connectivity index (χ1) is 11.8. The van der Waals surface area contributed by atoms with Gasteiger partial charge in [0.25, 0.3) is 0 Å². The molecule has 2 aromatic carbocycles. The molecular weight excluding hydrogens is 302 g/mol. The summed E-state index contributed by atoms with van der Waals surface area (Å²) in [5, 5.41) is 4.72. The zero-order chi connectivity index (χ0) is 16.5. The van der Waals surface area contributed by atoms with E-state index >= 15 is 0 Å². The van der Waals surface area contributed by atoms with Gasteiger partial charge in [-0.3, -0.25) is 0 Å². The van der Waals surface area contributed by atoms with E-state index in [4.69, 9.17) is 15.0 Å². The largest absolute Gasteiger partial charge is 0.497 e. The van der Waals surface area contributed by atoms with Crippen LogP contribution in [0.15, 0.2) is 65.2 Å². The number of nitrogens with two attached hydrogens (primary N) is 1. The van der Waals surface area contributed by atoms with E-state index in [1.54, 1.807) is 7.11 Å². The number of pyridine rings is 1. The highest BCUT2D eigenvalue weighted by atomic mass is 16.5. The number of fused-ring (bicyclic) bond motifs is 1. The molecule has 0 saturated heterocycles. The number of aromatic nitrogens is 2. The molecule has 5 nitrogen and oxygen atoms in total. The van der Waals surface area contributed by atoms with Crippen molar-refractivity contribution in [3.05, 3.63) is 60.7 Å². The van der Waals surface area contributed by atoms with E-state index in [-0.39, 0.29) is 5.88 Å². The number of nitrogens with zero attached hydrogens (tertiary/aromatic N) is 2. The van der Waals surface area contributed by atoms with Crippen LogP contribution in [0.3, 0.4) is 0 Å². The zero-order valence-corrected chi connectivity index (χ0v) is 13.1. The monoisotopic (exact) mass is 317 g/mol. The van der Waals surface area contributed by atoms with E-state index < -0.39 is 0 Å². The van der Waals surface area contributed by atoms with Gasteiger partial charge in [-0.15, -0.1) is 0 Å². The van der Waals surface area contributed by atoms with Gasteiger partial charge in [0.05, 0.1) is 18.2 Å². The Morgan fingerprint density at radius 2 is 1.71 bits per heavy atom. The molecule has 0 saturated carbocycles. The van der Waals surface area contributed by atoms with Crippen LogP contribution in [-0.4, -0.2) is 17.3 Å². The molecule has 118 valence electrons. The SMILES string of the molecule is COc1ccc(-c2cc(-c3ccccc3)c3c(N)onc3n2)cc1. The van der Waals surface area contributed by atoms with Gasteiger partial charge in [0.15, 0.2) is 0 Å². The first-order valence-corrected chi connectivity index (χ1v) is 7.52. The van der Waals surface area contributed by atoms with Crippen LogP contribution in [0.5, 0.6) is 5.75 Å². The maximum absolute atomic E-state index is 5.96. The highest BCUT2D eigenvalue weighted by Gasteiger charge is 2.16. The van der Waals surface area contributed by atoms with E-state index in [0.717, 1.165) is 33.5 Å². The number of benzene rings is 2. The standard InChI is InChI=1S/C19H15N3O2/c1-23-14-9-7-13(8-10-14)16-11-15(12-5-3-2-4-6-12)17-18(20)24-22-19(17)21-16/h2-11H,20H2,1H3. The Bertz CT molecular complexity index is 992. The summed E-state index contributed by atoms with van der Waals surface area (Å²) in [6.45, 7) is 0. The topological polar surface area (TPSA) is 74.2 Å². The molecule has 0 spiro atoms. The fourth-order valence-electron chi connectivity index (χ4n) is 2.73. The van der Waals surface area contributed by atoms with Crippen molar-refractivity contribution in [2.24, 2.45) is 0 Å². The maximum atomic E-state index is 5.96. The third-order valence-electron chi connectivity index (χ3n) is 3.95. The second-order valence-corrected chi connectivity index (χ2v) is 5.40. The minimum Gasteiger partial charge on any atom is -0.497 e. The van der Waals surface area contributed by atoms with E-state index in [9.17, 15) is 0 Å². The minimum absolute atomic E-state index is 0.276. The molecule has 0 aliphatic heterocycles. The summed E-state index contributed by atoms with van der Waals surface area (Å²) in [5.74, 6) is 1.08. The van der Waals surface area contributed by atoms with Crippen molar-refractivity contribution in [1.82, 2.24) is 10.1 Å². The van der Waals surface area contributed by atoms with Crippen molar-refractivity contribution < 1.29 is 9.26 Å². The second-order valence-electron chi connectivity index (χ2n) is 5.40. The number of rotatable bonds is 3. The third-order valence-corrected chi connectivity index (χ3v) is 3.95. The molecule has 4 rings (SSSR count). The second kappa shape index (κ2) is 5.70. The summed E-state index contributed by atoms with van der Waals surface area (Å²) in [6, 6.07) is 19.7. The molecule has 0 aliphatic carbocycles. The Kier molecular flexibility index (Phi) is 3.39. The third kappa shape index (κ3) is 2.36. The average molecular weight is 317 g/mol. The minimum atomic E-state index is 0.276. The Morgan fingerprint density at radius 3 is 2.42 bits per heavy atom. The van der Waals surface area contributed by atoms with Crippen LogP contribution in [0.25, 0.3) is 33.4 Å². The lowest BCUT2D eigenvalue weighted by Crippen LogP contribution is -1.91. The molecule has 2 N–H and O–H groups in total. The fraction of sp³-hybridized carbons (Fsp3) is 0.0526. The molecule has 0 radical (unpaired) electrons. The van der Waals surface area contributed by atoms with Gasteiger partial charge in [0.2, 0.25) is 11.5 Å². The van der Waals surface area contributed by atoms with Gasteiger partial charge in [-0.2, -0.15) is 0 Å². The van der Waals surface area contributed by atoms with Crippen molar-refractivity contribution in [3.63, 3.8) is 0 Å². The average Bonchev–Trinajstić information content (AvgIpc) is 3.03. The van der Waals surface area contributed by atoms with Gasteiger partial charge in [0, 0.05) is 11.1 Å². The fourth-order valence-corrected chi connectivity index (χ4v) is 2.73.